The summed E-state index contributed by atoms with van der Waals surface area (Å²) >= 11 is 0. The first-order valence-electron chi connectivity index (χ1n) is 5.77. The zero-order valence-corrected chi connectivity index (χ0v) is 9.73. The Labute approximate surface area is 99.6 Å². The van der Waals surface area contributed by atoms with Gasteiger partial charge in [0.1, 0.15) is 11.8 Å². The van der Waals surface area contributed by atoms with Crippen molar-refractivity contribution >= 4 is 11.8 Å². The van der Waals surface area contributed by atoms with Gasteiger partial charge in [-0.25, -0.2) is 0 Å². The quantitative estimate of drug-likeness (QED) is 0.804. The van der Waals surface area contributed by atoms with Gasteiger partial charge in [0.2, 0.25) is 11.8 Å². The minimum atomic E-state index is -0.374. The number of hydrogen-bond acceptors (Lipinski definition) is 3. The van der Waals surface area contributed by atoms with Crippen LogP contribution in [-0.4, -0.2) is 23.9 Å². The fourth-order valence-corrected chi connectivity index (χ4v) is 1.94. The van der Waals surface area contributed by atoms with Gasteiger partial charge in [0, 0.05) is 18.9 Å². The molecule has 1 aromatic rings. The highest BCUT2D eigenvalue weighted by Crippen LogP contribution is 2.08. The van der Waals surface area contributed by atoms with Crippen molar-refractivity contribution in [2.75, 3.05) is 0 Å². The summed E-state index contributed by atoms with van der Waals surface area (Å²) in [5, 5.41) is 5.51. The fraction of sp³-hybridized carbons (Fsp3) is 0.500. The molecule has 0 bridgehead atoms. The van der Waals surface area contributed by atoms with Gasteiger partial charge in [-0.1, -0.05) is 0 Å². The van der Waals surface area contributed by atoms with Gasteiger partial charge in [-0.05, 0) is 25.5 Å². The Morgan fingerprint density at radius 1 is 1.71 bits per heavy atom. The smallest absolute Gasteiger partial charge is 0.242 e. The van der Waals surface area contributed by atoms with Crippen molar-refractivity contribution in [3.05, 3.63) is 24.2 Å². The largest absolute Gasteiger partial charge is 0.469 e. The molecule has 92 valence electrons. The summed E-state index contributed by atoms with van der Waals surface area (Å²) in [6, 6.07) is 3.31. The van der Waals surface area contributed by atoms with Crippen LogP contribution in [0.1, 0.15) is 25.5 Å². The van der Waals surface area contributed by atoms with Gasteiger partial charge in [-0.2, -0.15) is 0 Å². The maximum Gasteiger partial charge on any atom is 0.242 e. The molecule has 1 aliphatic heterocycles. The summed E-state index contributed by atoms with van der Waals surface area (Å²) in [4.78, 5) is 22.8. The van der Waals surface area contributed by atoms with Gasteiger partial charge in [0.25, 0.3) is 0 Å². The maximum absolute atomic E-state index is 11.8. The van der Waals surface area contributed by atoms with Crippen molar-refractivity contribution in [3.63, 3.8) is 0 Å². The lowest BCUT2D eigenvalue weighted by Crippen LogP contribution is -2.45. The third-order valence-corrected chi connectivity index (χ3v) is 2.79. The first-order chi connectivity index (χ1) is 8.15. The van der Waals surface area contributed by atoms with Crippen molar-refractivity contribution in [2.45, 2.75) is 38.3 Å². The van der Waals surface area contributed by atoms with Gasteiger partial charge in [-0.15, -0.1) is 0 Å². The SMILES string of the molecule is C[C@H](Cc1ccco1)NC(=O)[C@@H]1CCC(=O)N1. The van der Waals surface area contributed by atoms with Crippen LogP contribution in [-0.2, 0) is 16.0 Å². The Bertz CT molecular complexity index is 400. The zero-order valence-electron chi connectivity index (χ0n) is 9.73. The minimum Gasteiger partial charge on any atom is -0.469 e. The number of amides is 2. The minimum absolute atomic E-state index is 0.00819. The van der Waals surface area contributed by atoms with E-state index in [1.807, 2.05) is 19.1 Å². The normalized spacial score (nSPS) is 21.0. The molecular weight excluding hydrogens is 220 g/mol. The maximum atomic E-state index is 11.8. The second-order valence-corrected chi connectivity index (χ2v) is 4.35. The monoisotopic (exact) mass is 236 g/mol. The molecule has 2 amide bonds. The van der Waals surface area contributed by atoms with Crippen LogP contribution in [0.3, 0.4) is 0 Å². The standard InChI is InChI=1S/C12H16N2O3/c1-8(7-9-3-2-6-17-9)13-12(16)10-4-5-11(15)14-10/h2-3,6,8,10H,4-5,7H2,1H3,(H,13,16)(H,14,15)/t8-,10+/m1/s1. The van der Waals surface area contributed by atoms with Crippen LogP contribution in [0.25, 0.3) is 0 Å². The third-order valence-electron chi connectivity index (χ3n) is 2.79. The van der Waals surface area contributed by atoms with Crippen molar-refractivity contribution in [2.24, 2.45) is 0 Å². The summed E-state index contributed by atoms with van der Waals surface area (Å²) in [7, 11) is 0. The molecule has 5 heteroatoms. The molecule has 1 saturated heterocycles. The van der Waals surface area contributed by atoms with E-state index in [0.29, 0.717) is 19.3 Å². The molecule has 2 N–H and O–H groups in total. The van der Waals surface area contributed by atoms with E-state index in [2.05, 4.69) is 10.6 Å². The number of carbonyl (C=O) groups is 2. The molecule has 0 radical (unpaired) electrons. The first-order valence-corrected chi connectivity index (χ1v) is 5.77. The number of carbonyl (C=O) groups excluding carboxylic acids is 2. The summed E-state index contributed by atoms with van der Waals surface area (Å²) in [6.45, 7) is 1.91. The predicted octanol–water partition coefficient (Wildman–Crippen LogP) is 0.605. The van der Waals surface area contributed by atoms with Crippen LogP contribution >= 0.6 is 0 Å². The van der Waals surface area contributed by atoms with Crippen LogP contribution < -0.4 is 10.6 Å². The second-order valence-electron chi connectivity index (χ2n) is 4.35. The Balaban J connectivity index is 1.80. The highest BCUT2D eigenvalue weighted by molar-refractivity contribution is 5.90. The number of furan rings is 1. The Morgan fingerprint density at radius 3 is 3.12 bits per heavy atom. The average molecular weight is 236 g/mol. The number of nitrogens with one attached hydrogen (secondary N) is 2. The lowest BCUT2D eigenvalue weighted by molar-refractivity contribution is -0.126. The molecule has 5 nitrogen and oxygen atoms in total. The second kappa shape index (κ2) is 5.03. The van der Waals surface area contributed by atoms with Gasteiger partial charge in [0.15, 0.2) is 0 Å². The van der Waals surface area contributed by atoms with Crippen LogP contribution in [0, 0.1) is 0 Å². The van der Waals surface area contributed by atoms with Gasteiger partial charge < -0.3 is 15.1 Å². The van der Waals surface area contributed by atoms with Gasteiger partial charge in [-0.3, -0.25) is 9.59 Å². The van der Waals surface area contributed by atoms with E-state index in [-0.39, 0.29) is 23.9 Å². The Morgan fingerprint density at radius 2 is 2.53 bits per heavy atom. The van der Waals surface area contributed by atoms with Gasteiger partial charge in [0.05, 0.1) is 6.26 Å². The molecule has 17 heavy (non-hydrogen) atoms. The fourth-order valence-electron chi connectivity index (χ4n) is 1.94. The molecule has 0 saturated carbocycles. The molecule has 2 atom stereocenters. The molecule has 1 aromatic heterocycles. The van der Waals surface area contributed by atoms with Crippen LogP contribution in [0.4, 0.5) is 0 Å². The third kappa shape index (κ3) is 3.09. The van der Waals surface area contributed by atoms with Crippen LogP contribution in [0.2, 0.25) is 0 Å². The highest BCUT2D eigenvalue weighted by atomic mass is 16.3. The first kappa shape index (κ1) is 11.7. The number of rotatable bonds is 4. The molecule has 0 spiro atoms. The van der Waals surface area contributed by atoms with Crippen molar-refractivity contribution in [1.29, 1.82) is 0 Å². The van der Waals surface area contributed by atoms with Gasteiger partial charge >= 0.3 is 0 Å². The van der Waals surface area contributed by atoms with Crippen LogP contribution in [0.15, 0.2) is 22.8 Å². The highest BCUT2D eigenvalue weighted by Gasteiger charge is 2.27. The van der Waals surface area contributed by atoms with E-state index >= 15 is 0 Å². The Kier molecular flexibility index (Phi) is 3.46. The summed E-state index contributed by atoms with van der Waals surface area (Å²) in [5.74, 6) is 0.673. The summed E-state index contributed by atoms with van der Waals surface area (Å²) in [5.41, 5.74) is 0. The average Bonchev–Trinajstić information content (AvgIpc) is 2.89. The van der Waals surface area contributed by atoms with E-state index in [1.54, 1.807) is 6.26 Å². The summed E-state index contributed by atoms with van der Waals surface area (Å²) in [6.07, 6.45) is 3.28. The van der Waals surface area contributed by atoms with Crippen molar-refractivity contribution in [3.8, 4) is 0 Å². The molecule has 0 aromatic carbocycles. The van der Waals surface area contributed by atoms with E-state index in [4.69, 9.17) is 4.42 Å². The lowest BCUT2D eigenvalue weighted by Gasteiger charge is -2.16. The van der Waals surface area contributed by atoms with Crippen molar-refractivity contribution < 1.29 is 14.0 Å². The lowest BCUT2D eigenvalue weighted by atomic mass is 10.1. The topological polar surface area (TPSA) is 71.3 Å². The van der Waals surface area contributed by atoms with E-state index in [1.165, 1.54) is 0 Å². The molecular formula is C12H16N2O3. The van der Waals surface area contributed by atoms with E-state index < -0.39 is 0 Å². The molecule has 0 unspecified atom stereocenters. The molecule has 1 fully saturated rings. The molecule has 2 heterocycles. The molecule has 1 aliphatic rings. The zero-order chi connectivity index (χ0) is 12.3. The van der Waals surface area contributed by atoms with Crippen molar-refractivity contribution in [1.82, 2.24) is 10.6 Å². The summed E-state index contributed by atoms with van der Waals surface area (Å²) < 4.78 is 5.21. The predicted molar refractivity (Wildman–Crippen MR) is 61.2 cm³/mol. The Hall–Kier alpha value is -1.78. The van der Waals surface area contributed by atoms with Crippen LogP contribution in [0.5, 0.6) is 0 Å². The molecule has 2 rings (SSSR count). The van der Waals surface area contributed by atoms with E-state index in [9.17, 15) is 9.59 Å². The molecule has 0 aliphatic carbocycles. The van der Waals surface area contributed by atoms with E-state index in [0.717, 1.165) is 5.76 Å². The number of hydrogen-bond donors (Lipinski definition) is 2.